The molecule has 1 unspecified atom stereocenters. The van der Waals surface area contributed by atoms with E-state index in [0.717, 1.165) is 11.3 Å². The molecule has 0 aliphatic carbocycles. The van der Waals surface area contributed by atoms with E-state index >= 15 is 0 Å². The van der Waals surface area contributed by atoms with Crippen molar-refractivity contribution in [1.82, 2.24) is 5.16 Å². The zero-order chi connectivity index (χ0) is 19.1. The van der Waals surface area contributed by atoms with Crippen molar-refractivity contribution >= 4 is 35.1 Å². The van der Waals surface area contributed by atoms with Gasteiger partial charge in [0.25, 0.3) is 0 Å². The van der Waals surface area contributed by atoms with E-state index in [4.69, 9.17) is 20.9 Å². The number of anilines is 1. The quantitative estimate of drug-likeness (QED) is 0.529. The molecule has 1 atom stereocenters. The van der Waals surface area contributed by atoms with Crippen LogP contribution in [-0.4, -0.2) is 23.4 Å². The molecule has 0 radical (unpaired) electrons. The molecule has 5 nitrogen and oxygen atoms in total. The number of nitrogens with one attached hydrogen (secondary N) is 1. The average Bonchev–Trinajstić information content (AvgIpc) is 3.08. The van der Waals surface area contributed by atoms with Crippen LogP contribution in [-0.2, 0) is 4.79 Å². The van der Waals surface area contributed by atoms with Crippen LogP contribution < -0.4 is 10.1 Å². The Balaban J connectivity index is 1.60. The van der Waals surface area contributed by atoms with Gasteiger partial charge >= 0.3 is 0 Å². The van der Waals surface area contributed by atoms with Crippen LogP contribution in [0.15, 0.2) is 65.2 Å². The molecule has 0 aliphatic rings. The fourth-order valence-electron chi connectivity index (χ4n) is 2.42. The van der Waals surface area contributed by atoms with Gasteiger partial charge in [-0.3, -0.25) is 4.79 Å². The van der Waals surface area contributed by atoms with Gasteiger partial charge in [0, 0.05) is 16.8 Å². The first-order chi connectivity index (χ1) is 13.1. The van der Waals surface area contributed by atoms with Crippen molar-refractivity contribution in [2.75, 3.05) is 17.7 Å². The monoisotopic (exact) mass is 402 g/mol. The molecule has 2 aromatic carbocycles. The molecule has 7 heteroatoms. The lowest BCUT2D eigenvalue weighted by Gasteiger charge is -2.16. The lowest BCUT2D eigenvalue weighted by molar-refractivity contribution is -0.115. The molecule has 0 saturated heterocycles. The van der Waals surface area contributed by atoms with Crippen LogP contribution in [0.3, 0.4) is 0 Å². The Morgan fingerprint density at radius 2 is 1.96 bits per heavy atom. The van der Waals surface area contributed by atoms with Crippen LogP contribution in [0.4, 0.5) is 5.82 Å². The number of thioether (sulfide) groups is 1. The molecular weight excluding hydrogens is 384 g/mol. The highest BCUT2D eigenvalue weighted by Gasteiger charge is 2.22. The number of carbonyl (C=O) groups excluding carboxylic acids is 1. The van der Waals surface area contributed by atoms with Gasteiger partial charge < -0.3 is 14.6 Å². The fourth-order valence-corrected chi connectivity index (χ4v) is 3.53. The van der Waals surface area contributed by atoms with E-state index in [1.165, 1.54) is 11.8 Å². The SMILES string of the molecule is Cc1cc(NC(=O)C(SCCOc2ccc(Cl)cc2)c2ccccc2)no1. The van der Waals surface area contributed by atoms with Crippen LogP contribution >= 0.6 is 23.4 Å². The molecule has 0 bridgehead atoms. The summed E-state index contributed by atoms with van der Waals surface area (Å²) in [6.07, 6.45) is 0. The second-order valence-electron chi connectivity index (χ2n) is 5.78. The van der Waals surface area contributed by atoms with Gasteiger partial charge in [-0.15, -0.1) is 11.8 Å². The Kier molecular flexibility index (Phi) is 6.79. The topological polar surface area (TPSA) is 64.4 Å². The summed E-state index contributed by atoms with van der Waals surface area (Å²) >= 11 is 7.38. The second kappa shape index (κ2) is 9.48. The predicted octanol–water partition coefficient (Wildman–Crippen LogP) is 5.13. The van der Waals surface area contributed by atoms with E-state index in [1.807, 2.05) is 42.5 Å². The maximum absolute atomic E-state index is 12.8. The van der Waals surface area contributed by atoms with E-state index < -0.39 is 0 Å². The Bertz CT molecular complexity index is 868. The highest BCUT2D eigenvalue weighted by Crippen LogP contribution is 2.30. The third-order valence-electron chi connectivity index (χ3n) is 3.67. The summed E-state index contributed by atoms with van der Waals surface area (Å²) in [7, 11) is 0. The fraction of sp³-hybridized carbons (Fsp3) is 0.200. The lowest BCUT2D eigenvalue weighted by Crippen LogP contribution is -2.20. The van der Waals surface area contributed by atoms with Crippen LogP contribution in [0.1, 0.15) is 16.6 Å². The first-order valence-electron chi connectivity index (χ1n) is 8.41. The van der Waals surface area contributed by atoms with E-state index in [2.05, 4.69) is 10.5 Å². The average molecular weight is 403 g/mol. The van der Waals surface area contributed by atoms with Gasteiger partial charge in [0.1, 0.15) is 16.8 Å². The van der Waals surface area contributed by atoms with Crippen LogP contribution in [0.2, 0.25) is 5.02 Å². The van der Waals surface area contributed by atoms with Gasteiger partial charge in [0.2, 0.25) is 5.91 Å². The van der Waals surface area contributed by atoms with Crippen LogP contribution in [0, 0.1) is 6.92 Å². The minimum absolute atomic E-state index is 0.147. The lowest BCUT2D eigenvalue weighted by atomic mass is 10.1. The summed E-state index contributed by atoms with van der Waals surface area (Å²) in [5.41, 5.74) is 0.923. The molecule has 3 rings (SSSR count). The molecule has 140 valence electrons. The van der Waals surface area contributed by atoms with Crippen molar-refractivity contribution in [3.63, 3.8) is 0 Å². The number of nitrogens with zero attached hydrogens (tertiary/aromatic N) is 1. The maximum atomic E-state index is 12.8. The first kappa shape index (κ1) is 19.3. The molecule has 0 spiro atoms. The normalized spacial score (nSPS) is 11.8. The molecule has 3 aromatic rings. The minimum atomic E-state index is -0.378. The molecule has 1 heterocycles. The van der Waals surface area contributed by atoms with Gasteiger partial charge in [0.05, 0.1) is 6.61 Å². The van der Waals surface area contributed by atoms with Gasteiger partial charge in [-0.2, -0.15) is 0 Å². The number of hydrogen-bond acceptors (Lipinski definition) is 5. The van der Waals surface area contributed by atoms with E-state index in [1.54, 1.807) is 25.1 Å². The summed E-state index contributed by atoms with van der Waals surface area (Å²) < 4.78 is 10.7. The molecule has 1 amide bonds. The van der Waals surface area contributed by atoms with Crippen molar-refractivity contribution in [2.45, 2.75) is 12.2 Å². The van der Waals surface area contributed by atoms with E-state index in [0.29, 0.717) is 29.0 Å². The molecule has 1 aromatic heterocycles. The first-order valence-corrected chi connectivity index (χ1v) is 9.83. The number of amides is 1. The number of hydrogen-bond donors (Lipinski definition) is 1. The van der Waals surface area contributed by atoms with Gasteiger partial charge in [-0.25, -0.2) is 0 Å². The summed E-state index contributed by atoms with van der Waals surface area (Å²) in [4.78, 5) is 12.8. The summed E-state index contributed by atoms with van der Waals surface area (Å²) in [6.45, 7) is 2.26. The number of rotatable bonds is 8. The zero-order valence-corrected chi connectivity index (χ0v) is 16.3. The number of ether oxygens (including phenoxy) is 1. The molecular formula is C20H19ClN2O3S. The minimum Gasteiger partial charge on any atom is -0.493 e. The smallest absolute Gasteiger partial charge is 0.243 e. The Hall–Kier alpha value is -2.44. The maximum Gasteiger partial charge on any atom is 0.243 e. The number of benzene rings is 2. The van der Waals surface area contributed by atoms with E-state index in [9.17, 15) is 4.79 Å². The van der Waals surface area contributed by atoms with Crippen molar-refractivity contribution in [2.24, 2.45) is 0 Å². The molecule has 0 aliphatic heterocycles. The largest absolute Gasteiger partial charge is 0.493 e. The van der Waals surface area contributed by atoms with Gasteiger partial charge in [0.15, 0.2) is 5.82 Å². The Morgan fingerprint density at radius 3 is 2.63 bits per heavy atom. The van der Waals surface area contributed by atoms with Crippen LogP contribution in [0.25, 0.3) is 0 Å². The second-order valence-corrected chi connectivity index (χ2v) is 7.43. The van der Waals surface area contributed by atoms with Crippen LogP contribution in [0.5, 0.6) is 5.75 Å². The summed E-state index contributed by atoms with van der Waals surface area (Å²) in [5.74, 6) is 2.31. The van der Waals surface area contributed by atoms with Crippen molar-refractivity contribution < 1.29 is 14.1 Å². The predicted molar refractivity (Wildman–Crippen MR) is 108 cm³/mol. The standard InChI is InChI=1S/C20H19ClN2O3S/c1-14-13-18(23-26-14)22-20(24)19(15-5-3-2-4-6-15)27-12-11-25-17-9-7-16(21)8-10-17/h2-10,13,19H,11-12H2,1H3,(H,22,23,24). The summed E-state index contributed by atoms with van der Waals surface area (Å²) in [6, 6.07) is 18.5. The molecule has 0 saturated carbocycles. The van der Waals surface area contributed by atoms with Crippen molar-refractivity contribution in [1.29, 1.82) is 0 Å². The molecule has 27 heavy (non-hydrogen) atoms. The highest BCUT2D eigenvalue weighted by molar-refractivity contribution is 8.00. The Morgan fingerprint density at radius 1 is 1.22 bits per heavy atom. The molecule has 0 fully saturated rings. The Labute approximate surface area is 167 Å². The van der Waals surface area contributed by atoms with Gasteiger partial charge in [-0.05, 0) is 36.8 Å². The van der Waals surface area contributed by atoms with Gasteiger partial charge in [-0.1, -0.05) is 47.1 Å². The van der Waals surface area contributed by atoms with Crippen molar-refractivity contribution in [3.05, 3.63) is 77.0 Å². The molecule has 1 N–H and O–H groups in total. The van der Waals surface area contributed by atoms with E-state index in [-0.39, 0.29) is 11.2 Å². The zero-order valence-electron chi connectivity index (χ0n) is 14.7. The summed E-state index contributed by atoms with van der Waals surface area (Å²) in [5, 5.41) is 6.92. The third-order valence-corrected chi connectivity index (χ3v) is 5.14. The third kappa shape index (κ3) is 5.77. The van der Waals surface area contributed by atoms with Crippen molar-refractivity contribution in [3.8, 4) is 5.75 Å². The highest BCUT2D eigenvalue weighted by atomic mass is 35.5. The number of aromatic nitrogens is 1. The number of aryl methyl sites for hydroxylation is 1. The number of halogens is 1. The number of carbonyl (C=O) groups is 1.